The van der Waals surface area contributed by atoms with Crippen LogP contribution in [0.15, 0.2) is 48.5 Å². The van der Waals surface area contributed by atoms with Crippen LogP contribution in [-0.2, 0) is 11.2 Å². The van der Waals surface area contributed by atoms with Crippen molar-refractivity contribution in [2.24, 2.45) is 5.92 Å². The third kappa shape index (κ3) is 4.24. The molecule has 158 valence electrons. The van der Waals surface area contributed by atoms with Gasteiger partial charge in [0.15, 0.2) is 0 Å². The maximum absolute atomic E-state index is 13.3. The molecule has 0 N–H and O–H groups in total. The van der Waals surface area contributed by atoms with Gasteiger partial charge < -0.3 is 14.5 Å². The van der Waals surface area contributed by atoms with Crippen molar-refractivity contribution in [3.05, 3.63) is 65.5 Å². The van der Waals surface area contributed by atoms with Crippen molar-refractivity contribution >= 4 is 11.8 Å². The highest BCUT2D eigenvalue weighted by atomic mass is 19.4. The SMILES string of the molecule is O=C(Cc1cccc(F)c1)N1C[C@H]2CN(C(=O)c3ccc(OC(F)(F)F)cc3)[C@@H]2C1. The lowest BCUT2D eigenvalue weighted by Crippen LogP contribution is -2.58. The van der Waals surface area contributed by atoms with Crippen molar-refractivity contribution in [3.63, 3.8) is 0 Å². The molecule has 0 unspecified atom stereocenters. The minimum absolute atomic E-state index is 0.0891. The molecule has 0 bridgehead atoms. The Morgan fingerprint density at radius 1 is 1.03 bits per heavy atom. The molecule has 5 nitrogen and oxygen atoms in total. The van der Waals surface area contributed by atoms with Crippen LogP contribution in [0.1, 0.15) is 15.9 Å². The second-order valence-electron chi connectivity index (χ2n) is 7.46. The zero-order valence-electron chi connectivity index (χ0n) is 15.7. The van der Waals surface area contributed by atoms with E-state index in [4.69, 9.17) is 0 Å². The van der Waals surface area contributed by atoms with Crippen LogP contribution < -0.4 is 4.74 Å². The number of carbonyl (C=O) groups excluding carboxylic acids is 2. The molecule has 2 aliphatic rings. The fraction of sp³-hybridized carbons (Fsp3) is 0.333. The zero-order chi connectivity index (χ0) is 21.5. The van der Waals surface area contributed by atoms with Crippen molar-refractivity contribution < 1.29 is 31.9 Å². The maximum atomic E-state index is 13.3. The summed E-state index contributed by atoms with van der Waals surface area (Å²) in [5.74, 6) is -1.05. The van der Waals surface area contributed by atoms with Crippen LogP contribution in [0.2, 0.25) is 0 Å². The first-order valence-electron chi connectivity index (χ1n) is 9.38. The Morgan fingerprint density at radius 2 is 1.77 bits per heavy atom. The van der Waals surface area contributed by atoms with Crippen LogP contribution >= 0.6 is 0 Å². The monoisotopic (exact) mass is 422 g/mol. The van der Waals surface area contributed by atoms with Gasteiger partial charge in [0.05, 0.1) is 12.5 Å². The number of benzene rings is 2. The fourth-order valence-corrected chi connectivity index (χ4v) is 3.97. The molecule has 2 aromatic rings. The minimum Gasteiger partial charge on any atom is -0.406 e. The smallest absolute Gasteiger partial charge is 0.406 e. The molecule has 0 spiro atoms. The van der Waals surface area contributed by atoms with Crippen molar-refractivity contribution in [1.29, 1.82) is 0 Å². The van der Waals surface area contributed by atoms with Gasteiger partial charge in [-0.15, -0.1) is 13.2 Å². The Hall–Kier alpha value is -3.10. The average Bonchev–Trinajstić information content (AvgIpc) is 2.98. The standard InChI is InChI=1S/C21H18F4N2O3/c22-16-3-1-2-13(8-16)9-19(28)26-10-15-11-27(18(15)12-26)20(29)14-4-6-17(7-5-14)30-21(23,24)25/h1-8,15,18H,9-12H2/t15-,18+/m0/s1. The highest BCUT2D eigenvalue weighted by Gasteiger charge is 2.48. The highest BCUT2D eigenvalue weighted by molar-refractivity contribution is 5.95. The van der Waals surface area contributed by atoms with Crippen LogP contribution in [0, 0.1) is 11.7 Å². The summed E-state index contributed by atoms with van der Waals surface area (Å²) in [4.78, 5) is 28.5. The molecule has 2 amide bonds. The van der Waals surface area contributed by atoms with E-state index in [0.717, 1.165) is 12.1 Å². The quantitative estimate of drug-likeness (QED) is 0.711. The lowest BCUT2D eigenvalue weighted by atomic mass is 9.91. The largest absolute Gasteiger partial charge is 0.573 e. The van der Waals surface area contributed by atoms with E-state index in [2.05, 4.69) is 4.74 Å². The lowest BCUT2D eigenvalue weighted by molar-refractivity contribution is -0.274. The number of ether oxygens (including phenoxy) is 1. The van der Waals surface area contributed by atoms with E-state index in [1.54, 1.807) is 21.9 Å². The van der Waals surface area contributed by atoms with Gasteiger partial charge in [-0.2, -0.15) is 0 Å². The molecule has 2 atom stereocenters. The summed E-state index contributed by atoms with van der Waals surface area (Å²) >= 11 is 0. The molecule has 2 aliphatic heterocycles. The Bertz CT molecular complexity index is 961. The first-order valence-corrected chi connectivity index (χ1v) is 9.38. The summed E-state index contributed by atoms with van der Waals surface area (Å²) in [7, 11) is 0. The average molecular weight is 422 g/mol. The predicted octanol–water partition coefficient (Wildman–Crippen LogP) is 3.25. The molecule has 0 saturated carbocycles. The molecule has 2 fully saturated rings. The summed E-state index contributed by atoms with van der Waals surface area (Å²) in [5.41, 5.74) is 0.848. The van der Waals surface area contributed by atoms with E-state index in [1.165, 1.54) is 24.3 Å². The third-order valence-electron chi connectivity index (χ3n) is 5.43. The second kappa shape index (κ2) is 7.62. The van der Waals surface area contributed by atoms with Gasteiger partial charge in [-0.3, -0.25) is 9.59 Å². The second-order valence-corrected chi connectivity index (χ2v) is 7.46. The van der Waals surface area contributed by atoms with Crippen LogP contribution in [0.5, 0.6) is 5.75 Å². The summed E-state index contributed by atoms with van der Waals surface area (Å²) in [6, 6.07) is 10.5. The van der Waals surface area contributed by atoms with Crippen LogP contribution in [0.25, 0.3) is 0 Å². The van der Waals surface area contributed by atoms with E-state index in [9.17, 15) is 27.2 Å². The topological polar surface area (TPSA) is 49.9 Å². The van der Waals surface area contributed by atoms with E-state index >= 15 is 0 Å². The van der Waals surface area contributed by atoms with Gasteiger partial charge in [-0.1, -0.05) is 12.1 Å². The number of hydrogen-bond donors (Lipinski definition) is 0. The molecule has 2 aromatic carbocycles. The number of halogens is 4. The van der Waals surface area contributed by atoms with Crippen molar-refractivity contribution in [2.45, 2.75) is 18.8 Å². The summed E-state index contributed by atoms with van der Waals surface area (Å²) in [6.45, 7) is 1.40. The molecule has 0 aliphatic carbocycles. The molecule has 2 heterocycles. The van der Waals surface area contributed by atoms with E-state index in [-0.39, 0.29) is 35.8 Å². The van der Waals surface area contributed by atoms with Crippen molar-refractivity contribution in [3.8, 4) is 5.75 Å². The van der Waals surface area contributed by atoms with Gasteiger partial charge >= 0.3 is 6.36 Å². The number of fused-ring (bicyclic) bond motifs is 1. The highest BCUT2D eigenvalue weighted by Crippen LogP contribution is 2.34. The number of nitrogens with zero attached hydrogens (tertiary/aromatic N) is 2. The van der Waals surface area contributed by atoms with Crippen LogP contribution in [-0.4, -0.2) is 53.7 Å². The van der Waals surface area contributed by atoms with Gasteiger partial charge in [-0.05, 0) is 42.0 Å². The summed E-state index contributed by atoms with van der Waals surface area (Å²) < 4.78 is 53.9. The molecular weight excluding hydrogens is 404 g/mol. The molecule has 2 saturated heterocycles. The molecule has 0 aromatic heterocycles. The predicted molar refractivity (Wildman–Crippen MR) is 98.1 cm³/mol. The first kappa shape index (κ1) is 20.2. The Kier molecular flexibility index (Phi) is 5.13. The van der Waals surface area contributed by atoms with Gasteiger partial charge in [0.1, 0.15) is 11.6 Å². The molecule has 30 heavy (non-hydrogen) atoms. The number of alkyl halides is 3. The zero-order valence-corrected chi connectivity index (χ0v) is 15.7. The van der Waals surface area contributed by atoms with Crippen LogP contribution in [0.4, 0.5) is 17.6 Å². The molecule has 4 rings (SSSR count). The Labute approximate surface area is 169 Å². The minimum atomic E-state index is -4.79. The maximum Gasteiger partial charge on any atom is 0.573 e. The van der Waals surface area contributed by atoms with Gasteiger partial charge in [0.25, 0.3) is 5.91 Å². The number of amides is 2. The van der Waals surface area contributed by atoms with Crippen molar-refractivity contribution in [2.75, 3.05) is 19.6 Å². The lowest BCUT2D eigenvalue weighted by Gasteiger charge is -2.43. The fourth-order valence-electron chi connectivity index (χ4n) is 3.97. The van der Waals surface area contributed by atoms with Crippen molar-refractivity contribution in [1.82, 2.24) is 9.80 Å². The Morgan fingerprint density at radius 3 is 2.43 bits per heavy atom. The number of rotatable bonds is 4. The van der Waals surface area contributed by atoms with Gasteiger partial charge in [-0.25, -0.2) is 4.39 Å². The Balaban J connectivity index is 1.35. The number of likely N-dealkylation sites (tertiary alicyclic amines) is 2. The van der Waals surface area contributed by atoms with Gasteiger partial charge in [0.2, 0.25) is 5.91 Å². The van der Waals surface area contributed by atoms with Gasteiger partial charge in [0, 0.05) is 31.1 Å². The molecule has 0 radical (unpaired) electrons. The van der Waals surface area contributed by atoms with E-state index < -0.39 is 17.9 Å². The van der Waals surface area contributed by atoms with E-state index in [1.807, 2.05) is 0 Å². The third-order valence-corrected chi connectivity index (χ3v) is 5.43. The summed E-state index contributed by atoms with van der Waals surface area (Å²) in [6.07, 6.45) is -4.70. The summed E-state index contributed by atoms with van der Waals surface area (Å²) in [5, 5.41) is 0. The molecule has 9 heteroatoms. The van der Waals surface area contributed by atoms with Crippen LogP contribution in [0.3, 0.4) is 0 Å². The number of carbonyl (C=O) groups is 2. The normalized spacial score (nSPS) is 20.5. The first-order chi connectivity index (χ1) is 14.2. The number of hydrogen-bond acceptors (Lipinski definition) is 3. The molecular formula is C21H18F4N2O3. The van der Waals surface area contributed by atoms with E-state index in [0.29, 0.717) is 25.2 Å².